The molecule has 1 unspecified atom stereocenters. The normalized spacial score (nSPS) is 20.4. The van der Waals surface area contributed by atoms with Crippen LogP contribution in [0.1, 0.15) is 38.9 Å². The molecule has 0 aliphatic carbocycles. The maximum atomic E-state index is 12.4. The maximum absolute atomic E-state index is 12.4. The van der Waals surface area contributed by atoms with E-state index in [1.54, 1.807) is 7.05 Å². The zero-order chi connectivity index (χ0) is 19.9. The number of anilines is 1. The van der Waals surface area contributed by atoms with Crippen molar-refractivity contribution in [1.29, 1.82) is 0 Å². The van der Waals surface area contributed by atoms with Crippen LogP contribution < -0.4 is 10.2 Å². The van der Waals surface area contributed by atoms with E-state index in [9.17, 15) is 4.79 Å². The molecule has 3 rings (SSSR count). The Balaban J connectivity index is 0.00000300. The number of aryl methyl sites for hydroxylation is 1. The van der Waals surface area contributed by atoms with Crippen molar-refractivity contribution < 1.29 is 4.79 Å². The monoisotopic (exact) mass is 535 g/mol. The lowest BCUT2D eigenvalue weighted by Crippen LogP contribution is -2.53. The minimum Gasteiger partial charge on any atom is -0.356 e. The molecule has 2 saturated heterocycles. The molecule has 8 nitrogen and oxygen atoms in total. The smallest absolute Gasteiger partial charge is 0.224 e. The minimum absolute atomic E-state index is 0. The van der Waals surface area contributed by atoms with Gasteiger partial charge in [-0.3, -0.25) is 9.79 Å². The van der Waals surface area contributed by atoms with E-state index in [0.29, 0.717) is 18.9 Å². The highest BCUT2D eigenvalue weighted by Gasteiger charge is 2.23. The summed E-state index contributed by atoms with van der Waals surface area (Å²) in [5, 5.41) is 4.39. The van der Waals surface area contributed by atoms with Crippen LogP contribution >= 0.6 is 35.5 Å². The summed E-state index contributed by atoms with van der Waals surface area (Å²) in [4.78, 5) is 28.0. The second-order valence-corrected chi connectivity index (χ2v) is 8.36. The molecule has 2 aliphatic heterocycles. The number of halogens is 1. The van der Waals surface area contributed by atoms with Crippen LogP contribution in [0.15, 0.2) is 4.99 Å². The van der Waals surface area contributed by atoms with Crippen molar-refractivity contribution in [1.82, 2.24) is 24.5 Å². The molecule has 1 amide bonds. The van der Waals surface area contributed by atoms with E-state index in [1.807, 2.05) is 4.90 Å². The standard InChI is InChI=1S/C19H33N7OS.HI/c1-4-16-22-19(28-23-16)25-12-10-24(11-13-25)18(20-3)21-8-7-17(27)26-9-5-6-15(2)14-26;/h15H,4-14H2,1-3H3,(H,20,21);1H. The van der Waals surface area contributed by atoms with E-state index < -0.39 is 0 Å². The van der Waals surface area contributed by atoms with Gasteiger partial charge in [-0.1, -0.05) is 13.8 Å². The highest BCUT2D eigenvalue weighted by molar-refractivity contribution is 14.0. The number of aliphatic imine (C=N–C) groups is 1. The van der Waals surface area contributed by atoms with Crippen LogP contribution in [0.4, 0.5) is 5.13 Å². The van der Waals surface area contributed by atoms with Crippen molar-refractivity contribution in [3.8, 4) is 0 Å². The van der Waals surface area contributed by atoms with Gasteiger partial charge in [0, 0.05) is 77.2 Å². The third-order valence-electron chi connectivity index (χ3n) is 5.47. The number of hydrogen-bond acceptors (Lipinski definition) is 6. The second kappa shape index (κ2) is 11.9. The first-order chi connectivity index (χ1) is 13.6. The fourth-order valence-electron chi connectivity index (χ4n) is 3.81. The maximum Gasteiger partial charge on any atom is 0.224 e. The summed E-state index contributed by atoms with van der Waals surface area (Å²) >= 11 is 1.48. The largest absolute Gasteiger partial charge is 0.356 e. The zero-order valence-electron chi connectivity index (χ0n) is 17.8. The molecule has 0 radical (unpaired) electrons. The first-order valence-electron chi connectivity index (χ1n) is 10.4. The molecule has 29 heavy (non-hydrogen) atoms. The Morgan fingerprint density at radius 2 is 2.00 bits per heavy atom. The number of amides is 1. The predicted octanol–water partition coefficient (Wildman–Crippen LogP) is 2.06. The second-order valence-electron chi connectivity index (χ2n) is 7.63. The minimum atomic E-state index is 0. The van der Waals surface area contributed by atoms with Gasteiger partial charge in [-0.2, -0.15) is 4.37 Å². The number of carbonyl (C=O) groups excluding carboxylic acids is 1. The number of hydrogen-bond donors (Lipinski definition) is 1. The van der Waals surface area contributed by atoms with Gasteiger partial charge >= 0.3 is 0 Å². The highest BCUT2D eigenvalue weighted by atomic mass is 127. The van der Waals surface area contributed by atoms with E-state index >= 15 is 0 Å². The molecular formula is C19H34IN7OS. The van der Waals surface area contributed by atoms with Crippen LogP contribution in [0.3, 0.4) is 0 Å². The zero-order valence-corrected chi connectivity index (χ0v) is 20.9. The SMILES string of the molecule is CCc1nsc(N2CCN(C(=NC)NCCC(=O)N3CCCC(C)C3)CC2)n1.I. The van der Waals surface area contributed by atoms with Gasteiger partial charge in [-0.25, -0.2) is 4.98 Å². The van der Waals surface area contributed by atoms with Gasteiger partial charge < -0.3 is 20.0 Å². The van der Waals surface area contributed by atoms with Gasteiger partial charge in [0.05, 0.1) is 0 Å². The molecule has 1 aromatic heterocycles. The fraction of sp³-hybridized carbons (Fsp3) is 0.789. The van der Waals surface area contributed by atoms with Crippen LogP contribution in [-0.2, 0) is 11.2 Å². The van der Waals surface area contributed by atoms with Crippen molar-refractivity contribution >= 4 is 52.5 Å². The summed E-state index contributed by atoms with van der Waals surface area (Å²) in [5.74, 6) is 2.68. The number of nitrogens with zero attached hydrogens (tertiary/aromatic N) is 6. The number of aromatic nitrogens is 2. The van der Waals surface area contributed by atoms with Crippen LogP contribution in [0.5, 0.6) is 0 Å². The Hall–Kier alpha value is -1.17. The van der Waals surface area contributed by atoms with Gasteiger partial charge in [0.1, 0.15) is 5.82 Å². The van der Waals surface area contributed by atoms with E-state index in [2.05, 4.69) is 43.3 Å². The molecule has 0 spiro atoms. The highest BCUT2D eigenvalue weighted by Crippen LogP contribution is 2.19. The van der Waals surface area contributed by atoms with E-state index in [-0.39, 0.29) is 29.9 Å². The van der Waals surface area contributed by atoms with Crippen molar-refractivity contribution in [3.05, 3.63) is 5.82 Å². The number of likely N-dealkylation sites (tertiary alicyclic amines) is 1. The van der Waals surface area contributed by atoms with Gasteiger partial charge in [0.2, 0.25) is 11.0 Å². The Morgan fingerprint density at radius 3 is 2.62 bits per heavy atom. The van der Waals surface area contributed by atoms with Crippen LogP contribution in [0.25, 0.3) is 0 Å². The van der Waals surface area contributed by atoms with E-state index in [4.69, 9.17) is 0 Å². The third-order valence-corrected chi connectivity index (χ3v) is 6.28. The average Bonchev–Trinajstić information content (AvgIpc) is 3.20. The van der Waals surface area contributed by atoms with Crippen LogP contribution in [-0.4, -0.2) is 83.9 Å². The summed E-state index contributed by atoms with van der Waals surface area (Å²) in [6, 6.07) is 0. The molecule has 1 aromatic rings. The summed E-state index contributed by atoms with van der Waals surface area (Å²) in [6.45, 7) is 10.3. The number of piperazine rings is 1. The lowest BCUT2D eigenvalue weighted by molar-refractivity contribution is -0.132. The average molecular weight is 536 g/mol. The summed E-state index contributed by atoms with van der Waals surface area (Å²) in [7, 11) is 1.81. The van der Waals surface area contributed by atoms with Gasteiger partial charge in [0.15, 0.2) is 5.96 Å². The number of nitrogens with one attached hydrogen (secondary N) is 1. The Morgan fingerprint density at radius 1 is 1.24 bits per heavy atom. The summed E-state index contributed by atoms with van der Waals surface area (Å²) < 4.78 is 4.38. The fourth-order valence-corrected chi connectivity index (χ4v) is 4.62. The predicted molar refractivity (Wildman–Crippen MR) is 129 cm³/mol. The molecule has 164 valence electrons. The van der Waals surface area contributed by atoms with Gasteiger partial charge in [0.25, 0.3) is 0 Å². The summed E-state index contributed by atoms with van der Waals surface area (Å²) in [5.41, 5.74) is 0. The quantitative estimate of drug-likeness (QED) is 0.354. The molecule has 3 heterocycles. The molecule has 0 saturated carbocycles. The van der Waals surface area contributed by atoms with E-state index in [1.165, 1.54) is 18.0 Å². The van der Waals surface area contributed by atoms with Crippen molar-refractivity contribution in [2.24, 2.45) is 10.9 Å². The molecule has 1 atom stereocenters. The van der Waals surface area contributed by atoms with Crippen molar-refractivity contribution in [2.75, 3.05) is 57.8 Å². The molecular weight excluding hydrogens is 501 g/mol. The van der Waals surface area contributed by atoms with Gasteiger partial charge in [-0.15, -0.1) is 24.0 Å². The lowest BCUT2D eigenvalue weighted by atomic mass is 10.00. The number of carbonyl (C=O) groups is 1. The van der Waals surface area contributed by atoms with Crippen LogP contribution in [0, 0.1) is 5.92 Å². The third kappa shape index (κ3) is 6.66. The first kappa shape index (κ1) is 24.1. The molecule has 1 N–H and O–H groups in total. The van der Waals surface area contributed by atoms with Crippen LogP contribution in [0.2, 0.25) is 0 Å². The molecule has 2 aliphatic rings. The van der Waals surface area contributed by atoms with Crippen molar-refractivity contribution in [2.45, 2.75) is 39.5 Å². The molecule has 0 aromatic carbocycles. The van der Waals surface area contributed by atoms with E-state index in [0.717, 1.165) is 69.0 Å². The number of piperidine rings is 1. The van der Waals surface area contributed by atoms with Crippen molar-refractivity contribution in [3.63, 3.8) is 0 Å². The molecule has 10 heteroatoms. The number of rotatable bonds is 5. The first-order valence-corrected chi connectivity index (χ1v) is 11.2. The topological polar surface area (TPSA) is 77.0 Å². The lowest BCUT2D eigenvalue weighted by Gasteiger charge is -2.36. The molecule has 2 fully saturated rings. The summed E-state index contributed by atoms with van der Waals surface area (Å²) in [6.07, 6.45) is 3.76. The Labute approximate surface area is 195 Å². The number of guanidine groups is 1. The Bertz CT molecular complexity index is 675. The Kier molecular flexibility index (Phi) is 9.87. The molecule has 0 bridgehead atoms. The van der Waals surface area contributed by atoms with Gasteiger partial charge in [-0.05, 0) is 18.8 Å².